The van der Waals surface area contributed by atoms with Crippen LogP contribution < -0.4 is 10.1 Å². The molecule has 0 spiro atoms. The standard InChI is InChI=1S/C26H22Cl2N4O/c1-29-20-4-2-3-18(13-20)17-5-7-19(8-6-17)26(9-11-30-12-10-26)16-33-25-31-23-14-21(27)22(28)15-24(23)32-25/h2-8,13-15,30H,9-12,16H2,(H,31,32). The van der Waals surface area contributed by atoms with Gasteiger partial charge in [-0.1, -0.05) is 65.7 Å². The van der Waals surface area contributed by atoms with E-state index in [1.54, 1.807) is 12.1 Å². The highest BCUT2D eigenvalue weighted by Crippen LogP contribution is 2.36. The molecule has 1 aliphatic heterocycles. The van der Waals surface area contributed by atoms with Crippen molar-refractivity contribution in [2.24, 2.45) is 0 Å². The molecule has 4 aromatic rings. The second-order valence-corrected chi connectivity index (χ2v) is 9.20. The highest BCUT2D eigenvalue weighted by atomic mass is 35.5. The fourth-order valence-corrected chi connectivity index (χ4v) is 4.77. The molecule has 0 atom stereocenters. The summed E-state index contributed by atoms with van der Waals surface area (Å²) in [6, 6.07) is 20.3. The first-order valence-electron chi connectivity index (χ1n) is 10.8. The summed E-state index contributed by atoms with van der Waals surface area (Å²) in [5, 5.41) is 4.41. The number of hydrogen-bond acceptors (Lipinski definition) is 3. The van der Waals surface area contributed by atoms with Crippen molar-refractivity contribution in [1.82, 2.24) is 15.3 Å². The van der Waals surface area contributed by atoms with Gasteiger partial charge in [0.2, 0.25) is 0 Å². The average Bonchev–Trinajstić information content (AvgIpc) is 3.25. The van der Waals surface area contributed by atoms with Crippen molar-refractivity contribution in [2.45, 2.75) is 18.3 Å². The van der Waals surface area contributed by atoms with Crippen LogP contribution in [0.1, 0.15) is 18.4 Å². The molecule has 33 heavy (non-hydrogen) atoms. The fraction of sp³-hybridized carbons (Fsp3) is 0.231. The van der Waals surface area contributed by atoms with Gasteiger partial charge in [-0.2, -0.15) is 4.98 Å². The van der Waals surface area contributed by atoms with Crippen LogP contribution in [-0.4, -0.2) is 29.7 Å². The Morgan fingerprint density at radius 1 is 0.970 bits per heavy atom. The van der Waals surface area contributed by atoms with Gasteiger partial charge in [-0.05, 0) is 60.8 Å². The molecule has 5 rings (SSSR count). The Labute approximate surface area is 202 Å². The van der Waals surface area contributed by atoms with Crippen molar-refractivity contribution in [3.63, 3.8) is 0 Å². The van der Waals surface area contributed by atoms with Gasteiger partial charge in [-0.25, -0.2) is 4.85 Å². The molecule has 0 amide bonds. The molecule has 1 saturated heterocycles. The number of rotatable bonds is 5. The highest BCUT2D eigenvalue weighted by molar-refractivity contribution is 6.42. The van der Waals surface area contributed by atoms with E-state index in [9.17, 15) is 0 Å². The molecular weight excluding hydrogens is 455 g/mol. The Kier molecular flexibility index (Phi) is 5.99. The third-order valence-electron chi connectivity index (χ3n) is 6.35. The number of benzene rings is 3. The largest absolute Gasteiger partial charge is 0.464 e. The first-order valence-corrected chi connectivity index (χ1v) is 11.6. The molecule has 0 radical (unpaired) electrons. The van der Waals surface area contributed by atoms with Crippen LogP contribution in [0.2, 0.25) is 10.0 Å². The van der Waals surface area contributed by atoms with Crippen LogP contribution in [0.5, 0.6) is 6.01 Å². The number of hydrogen-bond donors (Lipinski definition) is 2. The number of aromatic nitrogens is 2. The molecule has 166 valence electrons. The van der Waals surface area contributed by atoms with E-state index < -0.39 is 0 Å². The number of H-pyrrole nitrogens is 1. The summed E-state index contributed by atoms with van der Waals surface area (Å²) in [6.07, 6.45) is 1.94. The molecule has 2 N–H and O–H groups in total. The molecule has 1 aromatic heterocycles. The van der Waals surface area contributed by atoms with Gasteiger partial charge < -0.3 is 15.0 Å². The normalized spacial score (nSPS) is 15.3. The van der Waals surface area contributed by atoms with Gasteiger partial charge in [-0.3, -0.25) is 0 Å². The van der Waals surface area contributed by atoms with Crippen LogP contribution in [0.15, 0.2) is 60.7 Å². The molecule has 0 aliphatic carbocycles. The Morgan fingerprint density at radius 3 is 2.48 bits per heavy atom. The monoisotopic (exact) mass is 476 g/mol. The lowest BCUT2D eigenvalue weighted by Crippen LogP contribution is -2.44. The third-order valence-corrected chi connectivity index (χ3v) is 7.08. The molecule has 0 bridgehead atoms. The smallest absolute Gasteiger partial charge is 0.294 e. The lowest BCUT2D eigenvalue weighted by molar-refractivity contribution is 0.167. The Bertz CT molecular complexity index is 1300. The van der Waals surface area contributed by atoms with Crippen molar-refractivity contribution >= 4 is 39.9 Å². The van der Waals surface area contributed by atoms with Gasteiger partial charge >= 0.3 is 0 Å². The molecule has 3 aromatic carbocycles. The third kappa shape index (κ3) is 4.43. The SMILES string of the molecule is [C-]#[N+]c1cccc(-c2ccc(C3(COc4nc5cc(Cl)c(Cl)cc5[nH]4)CCNCC3)cc2)c1. The molecule has 1 aliphatic rings. The zero-order valence-electron chi connectivity index (χ0n) is 17.9. The zero-order valence-corrected chi connectivity index (χ0v) is 19.4. The number of fused-ring (bicyclic) bond motifs is 1. The summed E-state index contributed by atoms with van der Waals surface area (Å²) in [5.74, 6) is 0. The molecule has 0 unspecified atom stereocenters. The number of ether oxygens (including phenoxy) is 1. The van der Waals surface area contributed by atoms with E-state index in [4.69, 9.17) is 34.5 Å². The molecular formula is C26H22Cl2N4O. The highest BCUT2D eigenvalue weighted by Gasteiger charge is 2.35. The number of nitrogens with one attached hydrogen (secondary N) is 2. The van der Waals surface area contributed by atoms with E-state index in [0.717, 1.165) is 48.1 Å². The summed E-state index contributed by atoms with van der Waals surface area (Å²) >= 11 is 12.3. The summed E-state index contributed by atoms with van der Waals surface area (Å²) in [6.45, 7) is 9.64. The van der Waals surface area contributed by atoms with Gasteiger partial charge in [-0.15, -0.1) is 0 Å². The van der Waals surface area contributed by atoms with Crippen LogP contribution in [0.25, 0.3) is 27.0 Å². The molecule has 0 saturated carbocycles. The van der Waals surface area contributed by atoms with Crippen molar-refractivity contribution in [3.8, 4) is 17.1 Å². The predicted octanol–water partition coefficient (Wildman–Crippen LogP) is 6.79. The minimum absolute atomic E-state index is 0.115. The summed E-state index contributed by atoms with van der Waals surface area (Å²) < 4.78 is 6.20. The van der Waals surface area contributed by atoms with E-state index in [1.165, 1.54) is 5.56 Å². The van der Waals surface area contributed by atoms with Crippen molar-refractivity contribution in [2.75, 3.05) is 19.7 Å². The van der Waals surface area contributed by atoms with Gasteiger partial charge in [0.05, 0.1) is 27.7 Å². The predicted molar refractivity (Wildman–Crippen MR) is 134 cm³/mol. The van der Waals surface area contributed by atoms with E-state index in [2.05, 4.69) is 44.4 Å². The van der Waals surface area contributed by atoms with E-state index in [-0.39, 0.29) is 5.41 Å². The summed E-state index contributed by atoms with van der Waals surface area (Å²) in [4.78, 5) is 11.3. The number of halogens is 2. The van der Waals surface area contributed by atoms with E-state index in [0.29, 0.717) is 28.3 Å². The molecule has 1 fully saturated rings. The van der Waals surface area contributed by atoms with Gasteiger partial charge in [0.25, 0.3) is 6.01 Å². The second-order valence-electron chi connectivity index (χ2n) is 8.38. The minimum Gasteiger partial charge on any atom is -0.464 e. The van der Waals surface area contributed by atoms with Crippen LogP contribution in [0.4, 0.5) is 5.69 Å². The zero-order chi connectivity index (χ0) is 22.8. The van der Waals surface area contributed by atoms with Crippen LogP contribution in [-0.2, 0) is 5.41 Å². The van der Waals surface area contributed by atoms with Crippen molar-refractivity contribution in [3.05, 3.63) is 87.7 Å². The maximum absolute atomic E-state index is 7.25. The Hall–Kier alpha value is -3.04. The van der Waals surface area contributed by atoms with Gasteiger partial charge in [0, 0.05) is 5.41 Å². The van der Waals surface area contributed by atoms with Crippen LogP contribution in [0.3, 0.4) is 0 Å². The summed E-state index contributed by atoms with van der Waals surface area (Å²) in [7, 11) is 0. The van der Waals surface area contributed by atoms with Crippen LogP contribution in [0, 0.1) is 6.57 Å². The summed E-state index contributed by atoms with van der Waals surface area (Å²) in [5.41, 5.74) is 5.45. The molecule has 7 heteroatoms. The van der Waals surface area contributed by atoms with Crippen molar-refractivity contribution in [1.29, 1.82) is 0 Å². The number of nitrogens with zero attached hydrogens (tertiary/aromatic N) is 2. The number of imidazole rings is 1. The topological polar surface area (TPSA) is 54.3 Å². The van der Waals surface area contributed by atoms with Gasteiger partial charge in [0.1, 0.15) is 6.61 Å². The maximum atomic E-state index is 7.25. The molecule has 5 nitrogen and oxygen atoms in total. The van der Waals surface area contributed by atoms with E-state index >= 15 is 0 Å². The number of piperidine rings is 1. The quantitative estimate of drug-likeness (QED) is 0.311. The minimum atomic E-state index is -0.115. The van der Waals surface area contributed by atoms with E-state index in [1.807, 2.05) is 24.3 Å². The Morgan fingerprint density at radius 2 is 1.73 bits per heavy atom. The fourth-order valence-electron chi connectivity index (χ4n) is 4.45. The van der Waals surface area contributed by atoms with Crippen molar-refractivity contribution < 1.29 is 4.74 Å². The van der Waals surface area contributed by atoms with Gasteiger partial charge in [0.15, 0.2) is 5.69 Å². The molecule has 2 heterocycles. The maximum Gasteiger partial charge on any atom is 0.294 e. The first-order chi connectivity index (χ1) is 16.1. The first kappa shape index (κ1) is 21.8. The average molecular weight is 477 g/mol. The lowest BCUT2D eigenvalue weighted by atomic mass is 9.73. The lowest BCUT2D eigenvalue weighted by Gasteiger charge is -2.37. The number of aromatic amines is 1. The second kappa shape index (κ2) is 9.07. The Balaban J connectivity index is 1.40. The van der Waals surface area contributed by atoms with Crippen LogP contribution >= 0.6 is 23.2 Å².